The van der Waals surface area contributed by atoms with Crippen LogP contribution < -0.4 is 5.14 Å². The van der Waals surface area contributed by atoms with Crippen molar-refractivity contribution >= 4 is 10.0 Å². The van der Waals surface area contributed by atoms with Crippen LogP contribution in [-0.2, 0) is 10.0 Å². The number of sulfonamides is 1. The zero-order valence-corrected chi connectivity index (χ0v) is 11.1. The maximum atomic E-state index is 11.1. The van der Waals surface area contributed by atoms with E-state index >= 15 is 0 Å². The molecule has 1 atom stereocenters. The molecule has 2 aromatic rings. The van der Waals surface area contributed by atoms with E-state index in [4.69, 9.17) is 5.14 Å². The van der Waals surface area contributed by atoms with E-state index in [0.29, 0.717) is 11.1 Å². The molecule has 0 aliphatic carbocycles. The monoisotopic (exact) mass is 278 g/mol. The SMILES string of the molecule is Cc1ncccc1C(O)c1ccc(S(N)(=O)=O)cc1. The Morgan fingerprint density at radius 3 is 2.37 bits per heavy atom. The number of pyridine rings is 1. The quantitative estimate of drug-likeness (QED) is 0.879. The Bertz CT molecular complexity index is 681. The number of nitrogens with two attached hydrogens (primary N) is 1. The Hall–Kier alpha value is -1.76. The third-order valence-corrected chi connectivity index (χ3v) is 3.80. The van der Waals surface area contributed by atoms with Gasteiger partial charge in [0, 0.05) is 17.5 Å². The van der Waals surface area contributed by atoms with Crippen molar-refractivity contribution < 1.29 is 13.5 Å². The smallest absolute Gasteiger partial charge is 0.238 e. The Balaban J connectivity index is 2.36. The summed E-state index contributed by atoms with van der Waals surface area (Å²) in [5.41, 5.74) is 2.00. The highest BCUT2D eigenvalue weighted by atomic mass is 32.2. The van der Waals surface area contributed by atoms with Crippen molar-refractivity contribution in [1.82, 2.24) is 4.98 Å². The average Bonchev–Trinajstić information content (AvgIpc) is 2.38. The summed E-state index contributed by atoms with van der Waals surface area (Å²) in [5.74, 6) is 0. The third-order valence-electron chi connectivity index (χ3n) is 2.87. The van der Waals surface area contributed by atoms with Crippen molar-refractivity contribution in [3.05, 3.63) is 59.4 Å². The molecule has 0 aliphatic heterocycles. The van der Waals surface area contributed by atoms with Crippen LogP contribution in [0.5, 0.6) is 0 Å². The van der Waals surface area contributed by atoms with Gasteiger partial charge in [0.25, 0.3) is 0 Å². The van der Waals surface area contributed by atoms with E-state index in [1.807, 2.05) is 0 Å². The number of aromatic nitrogens is 1. The van der Waals surface area contributed by atoms with Crippen LogP contribution in [-0.4, -0.2) is 18.5 Å². The minimum absolute atomic E-state index is 0.0198. The van der Waals surface area contributed by atoms with Crippen LogP contribution in [0.2, 0.25) is 0 Å². The molecule has 3 N–H and O–H groups in total. The van der Waals surface area contributed by atoms with Gasteiger partial charge >= 0.3 is 0 Å². The van der Waals surface area contributed by atoms with Gasteiger partial charge in [0.2, 0.25) is 10.0 Å². The lowest BCUT2D eigenvalue weighted by Gasteiger charge is -2.13. The topological polar surface area (TPSA) is 93.3 Å². The molecular formula is C13H14N2O3S. The van der Waals surface area contributed by atoms with E-state index < -0.39 is 16.1 Å². The molecule has 0 radical (unpaired) electrons. The summed E-state index contributed by atoms with van der Waals surface area (Å²) in [6, 6.07) is 9.34. The molecule has 1 heterocycles. The molecule has 0 aliphatic rings. The largest absolute Gasteiger partial charge is 0.384 e. The first-order valence-corrected chi connectivity index (χ1v) is 7.16. The second-order valence-electron chi connectivity index (χ2n) is 4.19. The van der Waals surface area contributed by atoms with Gasteiger partial charge in [0.05, 0.1) is 4.90 Å². The number of nitrogens with zero attached hydrogens (tertiary/aromatic N) is 1. The lowest BCUT2D eigenvalue weighted by Crippen LogP contribution is -2.12. The highest BCUT2D eigenvalue weighted by Crippen LogP contribution is 2.24. The molecule has 2 rings (SSSR count). The molecular weight excluding hydrogens is 264 g/mol. The molecule has 1 aromatic heterocycles. The van der Waals surface area contributed by atoms with Gasteiger partial charge in [0.15, 0.2) is 0 Å². The molecule has 0 fully saturated rings. The Labute approximate surface area is 111 Å². The number of aliphatic hydroxyl groups excluding tert-OH is 1. The second kappa shape index (κ2) is 5.08. The van der Waals surface area contributed by atoms with Crippen LogP contribution in [0.3, 0.4) is 0 Å². The van der Waals surface area contributed by atoms with Gasteiger partial charge in [-0.2, -0.15) is 0 Å². The molecule has 0 saturated heterocycles. The van der Waals surface area contributed by atoms with Gasteiger partial charge in [-0.05, 0) is 30.7 Å². The molecule has 100 valence electrons. The normalized spacial score (nSPS) is 13.2. The van der Waals surface area contributed by atoms with Crippen molar-refractivity contribution in [3.63, 3.8) is 0 Å². The van der Waals surface area contributed by atoms with Gasteiger partial charge in [0.1, 0.15) is 6.10 Å². The highest BCUT2D eigenvalue weighted by Gasteiger charge is 2.14. The summed E-state index contributed by atoms with van der Waals surface area (Å²) >= 11 is 0. The summed E-state index contributed by atoms with van der Waals surface area (Å²) in [5, 5.41) is 15.3. The zero-order valence-electron chi connectivity index (χ0n) is 10.3. The van der Waals surface area contributed by atoms with Crippen LogP contribution in [0.4, 0.5) is 0 Å². The van der Waals surface area contributed by atoms with Crippen LogP contribution in [0, 0.1) is 6.92 Å². The summed E-state index contributed by atoms with van der Waals surface area (Å²) in [7, 11) is -3.71. The predicted molar refractivity (Wildman–Crippen MR) is 70.9 cm³/mol. The molecule has 19 heavy (non-hydrogen) atoms. The molecule has 0 spiro atoms. The van der Waals surface area contributed by atoms with Crippen molar-refractivity contribution in [2.75, 3.05) is 0 Å². The zero-order chi connectivity index (χ0) is 14.0. The number of benzene rings is 1. The van der Waals surface area contributed by atoms with E-state index in [2.05, 4.69) is 4.98 Å². The first kappa shape index (κ1) is 13.7. The summed E-state index contributed by atoms with van der Waals surface area (Å²) in [4.78, 5) is 4.13. The van der Waals surface area contributed by atoms with Crippen molar-refractivity contribution in [3.8, 4) is 0 Å². The molecule has 0 bridgehead atoms. The molecule has 6 heteroatoms. The van der Waals surface area contributed by atoms with Crippen molar-refractivity contribution in [1.29, 1.82) is 0 Å². The molecule has 0 amide bonds. The Morgan fingerprint density at radius 2 is 1.84 bits per heavy atom. The van der Waals surface area contributed by atoms with Crippen LogP contribution in [0.15, 0.2) is 47.5 Å². The maximum Gasteiger partial charge on any atom is 0.238 e. The Kier molecular flexibility index (Phi) is 3.66. The number of hydrogen-bond donors (Lipinski definition) is 2. The molecule has 5 nitrogen and oxygen atoms in total. The fourth-order valence-corrected chi connectivity index (χ4v) is 2.32. The predicted octanol–water partition coefficient (Wildman–Crippen LogP) is 1.12. The maximum absolute atomic E-state index is 11.1. The lowest BCUT2D eigenvalue weighted by atomic mass is 10.0. The second-order valence-corrected chi connectivity index (χ2v) is 5.76. The van der Waals surface area contributed by atoms with Gasteiger partial charge in [-0.15, -0.1) is 0 Å². The molecule has 0 saturated carbocycles. The number of aryl methyl sites for hydroxylation is 1. The number of primary sulfonamides is 1. The fourth-order valence-electron chi connectivity index (χ4n) is 1.81. The third kappa shape index (κ3) is 2.98. The van der Waals surface area contributed by atoms with Crippen molar-refractivity contribution in [2.45, 2.75) is 17.9 Å². The number of rotatable bonds is 3. The van der Waals surface area contributed by atoms with Crippen LogP contribution >= 0.6 is 0 Å². The lowest BCUT2D eigenvalue weighted by molar-refractivity contribution is 0.219. The first-order chi connectivity index (χ1) is 8.89. The van der Waals surface area contributed by atoms with E-state index in [-0.39, 0.29) is 4.90 Å². The first-order valence-electron chi connectivity index (χ1n) is 5.62. The number of aliphatic hydroxyl groups is 1. The van der Waals surface area contributed by atoms with Gasteiger partial charge in [-0.25, -0.2) is 13.6 Å². The summed E-state index contributed by atoms with van der Waals surface area (Å²) in [6.45, 7) is 1.80. The summed E-state index contributed by atoms with van der Waals surface area (Å²) < 4.78 is 22.3. The molecule has 1 unspecified atom stereocenters. The highest BCUT2D eigenvalue weighted by molar-refractivity contribution is 7.89. The average molecular weight is 278 g/mol. The Morgan fingerprint density at radius 1 is 1.21 bits per heavy atom. The standard InChI is InChI=1S/C13H14N2O3S/c1-9-12(3-2-8-15-9)13(16)10-4-6-11(7-5-10)19(14,17)18/h2-8,13,16H,1H3,(H2,14,17,18). The van der Waals surface area contributed by atoms with Gasteiger partial charge in [-0.3, -0.25) is 4.98 Å². The minimum Gasteiger partial charge on any atom is -0.384 e. The van der Waals surface area contributed by atoms with E-state index in [0.717, 1.165) is 5.69 Å². The van der Waals surface area contributed by atoms with Gasteiger partial charge in [-0.1, -0.05) is 18.2 Å². The fraction of sp³-hybridized carbons (Fsp3) is 0.154. The summed E-state index contributed by atoms with van der Waals surface area (Å²) in [6.07, 6.45) is 0.804. The van der Waals surface area contributed by atoms with Crippen LogP contribution in [0.1, 0.15) is 22.9 Å². The number of hydrogen-bond acceptors (Lipinski definition) is 4. The van der Waals surface area contributed by atoms with E-state index in [1.54, 1.807) is 25.3 Å². The van der Waals surface area contributed by atoms with Crippen molar-refractivity contribution in [2.24, 2.45) is 5.14 Å². The van der Waals surface area contributed by atoms with E-state index in [9.17, 15) is 13.5 Å². The molecule has 1 aromatic carbocycles. The van der Waals surface area contributed by atoms with Crippen LogP contribution in [0.25, 0.3) is 0 Å². The minimum atomic E-state index is -3.71. The van der Waals surface area contributed by atoms with E-state index in [1.165, 1.54) is 24.3 Å². The van der Waals surface area contributed by atoms with Gasteiger partial charge < -0.3 is 5.11 Å².